The summed E-state index contributed by atoms with van der Waals surface area (Å²) in [7, 11) is 0. The molecule has 4 heterocycles. The molecule has 298 valence electrons. The number of rotatable bonds is 8. The molecule has 6 aromatic rings. The lowest BCUT2D eigenvalue weighted by molar-refractivity contribution is -0.164. The number of likely N-dealkylation sites (tertiary alicyclic amines) is 1. The highest BCUT2D eigenvalue weighted by Gasteiger charge is 2.64. The van der Waals surface area contributed by atoms with Crippen LogP contribution in [0.2, 0.25) is 5.02 Å². The lowest BCUT2D eigenvalue weighted by Gasteiger charge is -2.63. The van der Waals surface area contributed by atoms with E-state index in [4.69, 9.17) is 21.3 Å². The van der Waals surface area contributed by atoms with E-state index in [2.05, 4.69) is 97.0 Å². The van der Waals surface area contributed by atoms with Gasteiger partial charge in [0, 0.05) is 45.8 Å². The third-order valence-corrected chi connectivity index (χ3v) is 14.0. The molecule has 2 saturated carbocycles. The first-order valence-corrected chi connectivity index (χ1v) is 21.4. The molecule has 0 unspecified atom stereocenters. The molecule has 0 radical (unpaired) electrons. The highest BCUT2D eigenvalue weighted by Crippen LogP contribution is 2.55. The molecule has 11 nitrogen and oxygen atoms in total. The number of amides is 1. The van der Waals surface area contributed by atoms with Crippen molar-refractivity contribution in [2.75, 3.05) is 13.1 Å². The molecule has 13 heteroatoms. The number of piperidine rings is 1. The number of fused-ring (bicyclic) bond motifs is 5. The topological polar surface area (TPSA) is 130 Å². The fourth-order valence-corrected chi connectivity index (χ4v) is 11.1. The van der Waals surface area contributed by atoms with Crippen molar-refractivity contribution in [1.82, 2.24) is 34.1 Å². The van der Waals surface area contributed by atoms with E-state index in [0.29, 0.717) is 51.6 Å². The quantitative estimate of drug-likeness (QED) is 0.161. The number of nitriles is 1. The van der Waals surface area contributed by atoms with E-state index in [1.54, 1.807) is 30.6 Å². The molecule has 1 amide bonds. The summed E-state index contributed by atoms with van der Waals surface area (Å²) < 4.78 is 11.7. The maximum absolute atomic E-state index is 13.5. The fourth-order valence-electron chi connectivity index (χ4n) is 10.4. The number of aromatic nitrogens is 5. The molecule has 3 aromatic heterocycles. The molecule has 3 fully saturated rings. The lowest BCUT2D eigenvalue weighted by Crippen LogP contribution is -2.74. The number of nitrogens with one attached hydrogen (secondary N) is 1. The normalized spacial score (nSPS) is 21.0. The van der Waals surface area contributed by atoms with Gasteiger partial charge in [-0.1, -0.05) is 64.3 Å². The zero-order chi connectivity index (χ0) is 40.5. The van der Waals surface area contributed by atoms with Crippen molar-refractivity contribution in [2.45, 2.75) is 96.9 Å². The highest BCUT2D eigenvalue weighted by molar-refractivity contribution is 9.10. The molecule has 1 saturated heterocycles. The van der Waals surface area contributed by atoms with Crippen molar-refractivity contribution in [3.63, 3.8) is 0 Å². The number of carbonyl (C=O) groups is 1. The standard InChI is InChI=1S/C45H46BrClN8O3/c1-44(2)41(45(3,4)42(44)58-31-14-12-28(22-48)33(47)21-31)51-39(56)29-23-49-37(50-24-29)25-53-18-16-26(17-19-53)27-13-15-34-36(20-27)54(30-8-5-6-9-30)43-52-40(57)38-32(46)10-7-11-35(38)55(34)43/h7,10-15,20-21,23-24,26,30,41-42H,5-6,8-9,16-19,25H2,1-4H3,(H,51,56). The van der Waals surface area contributed by atoms with Crippen LogP contribution in [0.5, 0.6) is 5.75 Å². The summed E-state index contributed by atoms with van der Waals surface area (Å²) in [5.41, 5.74) is 4.29. The van der Waals surface area contributed by atoms with Gasteiger partial charge in [-0.25, -0.2) is 9.97 Å². The molecule has 1 N–H and O–H groups in total. The number of hydrogen-bond donors (Lipinski definition) is 1. The first kappa shape index (κ1) is 38.7. The number of carbonyl (C=O) groups excluding carboxylic acids is 1. The van der Waals surface area contributed by atoms with Gasteiger partial charge in [-0.05, 0) is 103 Å². The molecule has 1 aliphatic heterocycles. The predicted octanol–water partition coefficient (Wildman–Crippen LogP) is 8.99. The smallest absolute Gasteiger partial charge is 0.283 e. The number of ether oxygens (including phenoxy) is 1. The summed E-state index contributed by atoms with van der Waals surface area (Å²) >= 11 is 9.86. The van der Waals surface area contributed by atoms with Gasteiger partial charge in [0.25, 0.3) is 11.5 Å². The van der Waals surface area contributed by atoms with Gasteiger partial charge in [0.15, 0.2) is 0 Å². The van der Waals surface area contributed by atoms with E-state index >= 15 is 0 Å². The average Bonchev–Trinajstić information content (AvgIpc) is 3.85. The second-order valence-corrected chi connectivity index (χ2v) is 18.7. The molecule has 0 bridgehead atoms. The van der Waals surface area contributed by atoms with E-state index in [-0.39, 0.29) is 34.4 Å². The summed E-state index contributed by atoms with van der Waals surface area (Å²) in [5.74, 6) is 2.21. The Morgan fingerprint density at radius 1 is 0.966 bits per heavy atom. The van der Waals surface area contributed by atoms with Crippen LogP contribution >= 0.6 is 27.5 Å². The van der Waals surface area contributed by atoms with Crippen molar-refractivity contribution in [3.8, 4) is 11.8 Å². The van der Waals surface area contributed by atoms with Crippen LogP contribution in [0.3, 0.4) is 0 Å². The minimum atomic E-state index is -0.378. The van der Waals surface area contributed by atoms with E-state index in [0.717, 1.165) is 65.6 Å². The monoisotopic (exact) mass is 860 g/mol. The van der Waals surface area contributed by atoms with Crippen LogP contribution in [-0.2, 0) is 6.54 Å². The fraction of sp³-hybridized carbons (Fsp3) is 0.422. The number of hydrogen-bond acceptors (Lipinski definition) is 8. The van der Waals surface area contributed by atoms with Crippen molar-refractivity contribution in [2.24, 2.45) is 10.8 Å². The molecule has 0 spiro atoms. The van der Waals surface area contributed by atoms with Gasteiger partial charge >= 0.3 is 0 Å². The molecular weight excluding hydrogens is 816 g/mol. The largest absolute Gasteiger partial charge is 0.489 e. The van der Waals surface area contributed by atoms with Gasteiger partial charge in [0.2, 0.25) is 5.78 Å². The predicted molar refractivity (Wildman–Crippen MR) is 228 cm³/mol. The Kier molecular flexibility index (Phi) is 9.85. The minimum Gasteiger partial charge on any atom is -0.489 e. The van der Waals surface area contributed by atoms with Gasteiger partial charge in [-0.15, -0.1) is 0 Å². The van der Waals surface area contributed by atoms with Crippen LogP contribution in [0, 0.1) is 22.2 Å². The van der Waals surface area contributed by atoms with Crippen LogP contribution in [0.4, 0.5) is 0 Å². The Hall–Kier alpha value is -4.83. The minimum absolute atomic E-state index is 0.164. The second kappa shape index (κ2) is 14.8. The molecule has 2 aliphatic carbocycles. The van der Waals surface area contributed by atoms with E-state index in [1.165, 1.54) is 18.4 Å². The number of benzene rings is 3. The van der Waals surface area contributed by atoms with Crippen LogP contribution in [0.1, 0.15) is 105 Å². The maximum atomic E-state index is 13.5. The van der Waals surface area contributed by atoms with Gasteiger partial charge in [-0.3, -0.25) is 18.9 Å². The zero-order valence-corrected chi connectivity index (χ0v) is 35.5. The summed E-state index contributed by atoms with van der Waals surface area (Å²) in [6, 6.07) is 20.1. The van der Waals surface area contributed by atoms with Gasteiger partial charge in [0.1, 0.15) is 23.7 Å². The molecule has 58 heavy (non-hydrogen) atoms. The van der Waals surface area contributed by atoms with Gasteiger partial charge in [-0.2, -0.15) is 10.2 Å². The average molecular weight is 862 g/mol. The Morgan fingerprint density at radius 3 is 2.38 bits per heavy atom. The number of halogens is 2. The van der Waals surface area contributed by atoms with E-state index in [9.17, 15) is 14.9 Å². The Morgan fingerprint density at radius 2 is 1.69 bits per heavy atom. The number of nitrogens with zero attached hydrogens (tertiary/aromatic N) is 7. The zero-order valence-electron chi connectivity index (χ0n) is 33.1. The van der Waals surface area contributed by atoms with Gasteiger partial charge < -0.3 is 14.6 Å². The SMILES string of the molecule is CC1(C)C(NC(=O)c2cnc(CN3CCC(c4ccc5c(c4)n(C4CCCC4)c4nc(=O)c6c(Br)cccc6n54)CC3)nc2)C(C)(C)C1Oc1ccc(C#N)c(Cl)c1. The Bertz CT molecular complexity index is 2670. The summed E-state index contributed by atoms with van der Waals surface area (Å²) in [6.45, 7) is 10.8. The van der Waals surface area contributed by atoms with Crippen LogP contribution in [-0.4, -0.2) is 60.0 Å². The third kappa shape index (κ3) is 6.56. The number of imidazole rings is 1. The van der Waals surface area contributed by atoms with Crippen molar-refractivity contribution in [1.29, 1.82) is 5.26 Å². The summed E-state index contributed by atoms with van der Waals surface area (Å²) in [5, 5.41) is 13.4. The van der Waals surface area contributed by atoms with Crippen molar-refractivity contribution < 1.29 is 9.53 Å². The molecule has 9 rings (SSSR count). The van der Waals surface area contributed by atoms with Crippen molar-refractivity contribution in [3.05, 3.63) is 109 Å². The first-order valence-electron chi connectivity index (χ1n) is 20.2. The molecule has 0 atom stereocenters. The summed E-state index contributed by atoms with van der Waals surface area (Å²) in [6.07, 6.45) is 9.62. The second-order valence-electron chi connectivity index (χ2n) is 17.5. The molecule has 3 aromatic carbocycles. The van der Waals surface area contributed by atoms with E-state index in [1.807, 2.05) is 18.2 Å². The third-order valence-electron chi connectivity index (χ3n) is 13.1. The van der Waals surface area contributed by atoms with Crippen LogP contribution < -0.4 is 15.6 Å². The highest BCUT2D eigenvalue weighted by atomic mass is 79.9. The molecular formula is C45H46BrClN8O3. The van der Waals surface area contributed by atoms with Gasteiger partial charge in [0.05, 0.1) is 44.6 Å². The lowest BCUT2D eigenvalue weighted by atomic mass is 9.49. The van der Waals surface area contributed by atoms with E-state index < -0.39 is 0 Å². The van der Waals surface area contributed by atoms with Crippen LogP contribution in [0.25, 0.3) is 27.7 Å². The summed E-state index contributed by atoms with van der Waals surface area (Å²) in [4.78, 5) is 43.1. The van der Waals surface area contributed by atoms with Crippen LogP contribution in [0.15, 0.2) is 76.3 Å². The Labute approximate surface area is 350 Å². The molecule has 3 aliphatic rings. The maximum Gasteiger partial charge on any atom is 0.283 e. The van der Waals surface area contributed by atoms with Crippen molar-refractivity contribution >= 4 is 61.2 Å². The first-order chi connectivity index (χ1) is 27.8. The Balaban J connectivity index is 0.853.